The Morgan fingerprint density at radius 3 is 2.71 bits per heavy atom. The summed E-state index contributed by atoms with van der Waals surface area (Å²) < 4.78 is 0. The van der Waals surface area contributed by atoms with Crippen LogP contribution in [-0.4, -0.2) is 29.5 Å². The molecule has 2 N–H and O–H groups in total. The first-order valence-electron chi connectivity index (χ1n) is 6.08. The zero-order valence-electron chi connectivity index (χ0n) is 10.8. The number of aliphatic hydroxyl groups is 1. The third-order valence-corrected chi connectivity index (χ3v) is 4.03. The molecule has 1 rings (SSSR count). The minimum absolute atomic E-state index is 0.246. The van der Waals surface area contributed by atoms with Gasteiger partial charge in [0.2, 0.25) is 0 Å². The first-order chi connectivity index (χ1) is 8.21. The zero-order valence-corrected chi connectivity index (χ0v) is 11.6. The van der Waals surface area contributed by atoms with E-state index in [1.54, 1.807) is 11.8 Å². The molecule has 4 heteroatoms. The zero-order chi connectivity index (χ0) is 12.7. The predicted molar refractivity (Wildman–Crippen MR) is 73.3 cm³/mol. The van der Waals surface area contributed by atoms with E-state index in [2.05, 4.69) is 29.4 Å². The van der Waals surface area contributed by atoms with Gasteiger partial charge in [0.05, 0.1) is 5.69 Å². The number of nitrogens with one attached hydrogen (secondary N) is 1. The Morgan fingerprint density at radius 1 is 1.47 bits per heavy atom. The summed E-state index contributed by atoms with van der Waals surface area (Å²) in [6.45, 7) is 4.44. The second kappa shape index (κ2) is 7.69. The average Bonchev–Trinajstić information content (AvgIpc) is 2.38. The number of nitrogens with zero attached hydrogens (tertiary/aromatic N) is 1. The number of aromatic nitrogens is 1. The van der Waals surface area contributed by atoms with Gasteiger partial charge in [-0.3, -0.25) is 4.98 Å². The summed E-state index contributed by atoms with van der Waals surface area (Å²) in [5, 5.41) is 12.2. The van der Waals surface area contributed by atoms with Crippen molar-refractivity contribution >= 4 is 11.8 Å². The van der Waals surface area contributed by atoms with E-state index in [1.165, 1.54) is 4.90 Å². The summed E-state index contributed by atoms with van der Waals surface area (Å²) in [5.74, 6) is 1.26. The molecule has 0 amide bonds. The summed E-state index contributed by atoms with van der Waals surface area (Å²) in [5.41, 5.74) is 1.09. The molecule has 2 atom stereocenters. The number of pyridine rings is 1. The molecule has 17 heavy (non-hydrogen) atoms. The van der Waals surface area contributed by atoms with Gasteiger partial charge in [-0.2, -0.15) is 0 Å². The SMILES string of the molecule is CCC(NC)c1ccc(SCC(C)CO)cn1. The van der Waals surface area contributed by atoms with Crippen molar-refractivity contribution in [3.8, 4) is 0 Å². The minimum atomic E-state index is 0.246. The van der Waals surface area contributed by atoms with Gasteiger partial charge in [-0.25, -0.2) is 0 Å². The van der Waals surface area contributed by atoms with Crippen LogP contribution in [0.2, 0.25) is 0 Å². The van der Waals surface area contributed by atoms with Crippen LogP contribution in [0, 0.1) is 5.92 Å². The Labute approximate surface area is 108 Å². The van der Waals surface area contributed by atoms with E-state index in [1.807, 2.05) is 20.2 Å². The van der Waals surface area contributed by atoms with Crippen LogP contribution in [0.5, 0.6) is 0 Å². The van der Waals surface area contributed by atoms with Crippen molar-refractivity contribution in [2.24, 2.45) is 5.92 Å². The highest BCUT2D eigenvalue weighted by Gasteiger charge is 2.08. The van der Waals surface area contributed by atoms with E-state index in [9.17, 15) is 0 Å². The second-order valence-corrected chi connectivity index (χ2v) is 5.36. The average molecular weight is 254 g/mol. The lowest BCUT2D eigenvalue weighted by Crippen LogP contribution is -2.16. The summed E-state index contributed by atoms with van der Waals surface area (Å²) in [6.07, 6.45) is 2.96. The van der Waals surface area contributed by atoms with Crippen LogP contribution in [0.3, 0.4) is 0 Å². The lowest BCUT2D eigenvalue weighted by Gasteiger charge is -2.13. The van der Waals surface area contributed by atoms with Crippen LogP contribution >= 0.6 is 11.8 Å². The monoisotopic (exact) mass is 254 g/mol. The van der Waals surface area contributed by atoms with Crippen molar-refractivity contribution in [1.82, 2.24) is 10.3 Å². The molecule has 96 valence electrons. The molecule has 1 heterocycles. The molecule has 0 spiro atoms. The van der Waals surface area contributed by atoms with E-state index in [0.29, 0.717) is 12.0 Å². The Morgan fingerprint density at radius 2 is 2.24 bits per heavy atom. The van der Waals surface area contributed by atoms with Crippen LogP contribution in [0.15, 0.2) is 23.2 Å². The molecule has 2 unspecified atom stereocenters. The van der Waals surface area contributed by atoms with Crippen molar-refractivity contribution < 1.29 is 5.11 Å². The van der Waals surface area contributed by atoms with E-state index >= 15 is 0 Å². The molecular formula is C13H22N2OS. The molecule has 3 nitrogen and oxygen atoms in total. The van der Waals surface area contributed by atoms with Gasteiger partial charge in [0.25, 0.3) is 0 Å². The number of hydrogen-bond donors (Lipinski definition) is 2. The first kappa shape index (κ1) is 14.5. The van der Waals surface area contributed by atoms with E-state index in [-0.39, 0.29) is 6.61 Å². The molecule has 0 aliphatic heterocycles. The maximum absolute atomic E-state index is 8.96. The fourth-order valence-electron chi connectivity index (χ4n) is 1.54. The Balaban J connectivity index is 2.55. The van der Waals surface area contributed by atoms with Crippen molar-refractivity contribution in [3.05, 3.63) is 24.0 Å². The van der Waals surface area contributed by atoms with E-state index < -0.39 is 0 Å². The second-order valence-electron chi connectivity index (χ2n) is 4.27. The van der Waals surface area contributed by atoms with Crippen molar-refractivity contribution in [2.75, 3.05) is 19.4 Å². The van der Waals surface area contributed by atoms with Gasteiger partial charge in [0, 0.05) is 29.5 Å². The molecule has 0 saturated heterocycles. The van der Waals surface area contributed by atoms with Crippen molar-refractivity contribution in [2.45, 2.75) is 31.2 Å². The number of aliphatic hydroxyl groups excluding tert-OH is 1. The van der Waals surface area contributed by atoms with Gasteiger partial charge in [-0.05, 0) is 31.5 Å². The topological polar surface area (TPSA) is 45.1 Å². The van der Waals surface area contributed by atoms with E-state index in [4.69, 9.17) is 5.11 Å². The lowest BCUT2D eigenvalue weighted by atomic mass is 10.1. The maximum Gasteiger partial charge on any atom is 0.0573 e. The third kappa shape index (κ3) is 4.66. The molecule has 0 bridgehead atoms. The Bertz CT molecular complexity index is 312. The Kier molecular flexibility index (Phi) is 6.55. The van der Waals surface area contributed by atoms with Gasteiger partial charge in [-0.1, -0.05) is 13.8 Å². The fraction of sp³-hybridized carbons (Fsp3) is 0.615. The van der Waals surface area contributed by atoms with Crippen LogP contribution in [-0.2, 0) is 0 Å². The van der Waals surface area contributed by atoms with Crippen LogP contribution < -0.4 is 5.32 Å². The standard InChI is InChI=1S/C13H22N2OS/c1-4-12(14-3)13-6-5-11(7-15-13)17-9-10(2)8-16/h5-7,10,12,14,16H,4,8-9H2,1-3H3. The van der Waals surface area contributed by atoms with Gasteiger partial charge in [0.15, 0.2) is 0 Å². The predicted octanol–water partition coefficient (Wildman–Crippen LogP) is 2.47. The molecular weight excluding hydrogens is 232 g/mol. The quantitative estimate of drug-likeness (QED) is 0.734. The van der Waals surface area contributed by atoms with Gasteiger partial charge < -0.3 is 10.4 Å². The van der Waals surface area contributed by atoms with Crippen LogP contribution in [0.4, 0.5) is 0 Å². The summed E-state index contributed by atoms with van der Waals surface area (Å²) >= 11 is 1.75. The van der Waals surface area contributed by atoms with Gasteiger partial charge in [-0.15, -0.1) is 11.8 Å². The molecule has 0 saturated carbocycles. The highest BCUT2D eigenvalue weighted by Crippen LogP contribution is 2.21. The van der Waals surface area contributed by atoms with Crippen molar-refractivity contribution in [1.29, 1.82) is 0 Å². The highest BCUT2D eigenvalue weighted by molar-refractivity contribution is 7.99. The highest BCUT2D eigenvalue weighted by atomic mass is 32.2. The van der Waals surface area contributed by atoms with Crippen LogP contribution in [0.25, 0.3) is 0 Å². The molecule has 0 aliphatic carbocycles. The number of thioether (sulfide) groups is 1. The molecule has 1 aromatic rings. The summed E-state index contributed by atoms with van der Waals surface area (Å²) in [7, 11) is 1.96. The fourth-order valence-corrected chi connectivity index (χ4v) is 2.41. The maximum atomic E-state index is 8.96. The summed E-state index contributed by atoms with van der Waals surface area (Å²) in [6, 6.07) is 4.53. The molecule has 0 fully saturated rings. The van der Waals surface area contributed by atoms with Gasteiger partial charge >= 0.3 is 0 Å². The number of hydrogen-bond acceptors (Lipinski definition) is 4. The van der Waals surface area contributed by atoms with Crippen LogP contribution in [0.1, 0.15) is 32.0 Å². The molecule has 0 aromatic carbocycles. The largest absolute Gasteiger partial charge is 0.396 e. The third-order valence-electron chi connectivity index (χ3n) is 2.72. The molecule has 0 aliphatic rings. The van der Waals surface area contributed by atoms with E-state index in [0.717, 1.165) is 17.9 Å². The molecule has 0 radical (unpaired) electrons. The summed E-state index contributed by atoms with van der Waals surface area (Å²) in [4.78, 5) is 5.65. The smallest absolute Gasteiger partial charge is 0.0573 e. The van der Waals surface area contributed by atoms with Gasteiger partial charge in [0.1, 0.15) is 0 Å². The number of rotatable bonds is 7. The normalized spacial score (nSPS) is 14.6. The van der Waals surface area contributed by atoms with Crippen molar-refractivity contribution in [3.63, 3.8) is 0 Å². The Hall–Kier alpha value is -0.580. The molecule has 1 aromatic heterocycles. The minimum Gasteiger partial charge on any atom is -0.396 e. The lowest BCUT2D eigenvalue weighted by molar-refractivity contribution is 0.250. The first-order valence-corrected chi connectivity index (χ1v) is 7.06.